The molecule has 32 heavy (non-hydrogen) atoms. The fourth-order valence-corrected chi connectivity index (χ4v) is 4.16. The lowest BCUT2D eigenvalue weighted by molar-refractivity contribution is 1.05. The van der Waals surface area contributed by atoms with Crippen molar-refractivity contribution in [3.63, 3.8) is 0 Å². The van der Waals surface area contributed by atoms with Gasteiger partial charge in [-0.05, 0) is 111 Å². The first-order chi connectivity index (χ1) is 15.2. The van der Waals surface area contributed by atoms with Crippen LogP contribution >= 0.6 is 9.24 Å². The van der Waals surface area contributed by atoms with Gasteiger partial charge in [0.05, 0.1) is 5.44 Å². The number of aryl methyl sites for hydroxylation is 2. The topological polar surface area (TPSA) is 50.4 Å². The summed E-state index contributed by atoms with van der Waals surface area (Å²) < 4.78 is 0. The maximum Gasteiger partial charge on any atom is 0.103 e. The number of nitrogens with zero attached hydrogens (tertiary/aromatic N) is 1. The van der Waals surface area contributed by atoms with E-state index in [1.165, 1.54) is 22.3 Å². The Labute approximate surface area is 196 Å². The highest BCUT2D eigenvalue weighted by Crippen LogP contribution is 2.26. The van der Waals surface area contributed by atoms with Crippen LogP contribution in [0, 0.1) is 6.92 Å². The van der Waals surface area contributed by atoms with Gasteiger partial charge in [0.15, 0.2) is 0 Å². The molecule has 0 heterocycles. The highest BCUT2D eigenvalue weighted by molar-refractivity contribution is 7.22. The number of hydrogen-bond acceptors (Lipinski definition) is 2. The second-order valence-corrected chi connectivity index (χ2v) is 8.70. The van der Waals surface area contributed by atoms with E-state index >= 15 is 0 Å². The molecule has 2 aromatic rings. The third-order valence-corrected chi connectivity index (χ3v) is 6.44. The minimum atomic E-state index is 0.770. The molecule has 0 aliphatic carbocycles. The number of benzene rings is 2. The molecule has 0 aliphatic heterocycles. The van der Waals surface area contributed by atoms with E-state index in [0.29, 0.717) is 0 Å². The summed E-state index contributed by atoms with van der Waals surface area (Å²) in [5.74, 6) is 0.872. The highest BCUT2D eigenvalue weighted by atomic mass is 31.0. The maximum atomic E-state index is 5.97. The number of hydrogen-bond donors (Lipinski definition) is 2. The summed E-state index contributed by atoms with van der Waals surface area (Å²) in [5, 5.41) is 3.49. The van der Waals surface area contributed by atoms with Crippen LogP contribution < -0.4 is 11.1 Å². The fraction of sp³-hybridized carbons (Fsp3) is 0.321. The second kappa shape index (κ2) is 11.8. The first kappa shape index (κ1) is 25.6. The van der Waals surface area contributed by atoms with Gasteiger partial charge in [-0.1, -0.05) is 47.4 Å². The molecule has 0 radical (unpaired) electrons. The molecule has 4 heteroatoms. The molecule has 3 nitrogen and oxygen atoms in total. The average molecular weight is 448 g/mol. The monoisotopic (exact) mass is 447 g/mol. The zero-order valence-corrected chi connectivity index (χ0v) is 21.8. The number of aliphatic imine (C=N–C) groups is 1. The summed E-state index contributed by atoms with van der Waals surface area (Å²) in [5.41, 5.74) is 17.5. The molecule has 0 saturated carbocycles. The number of amidine groups is 1. The summed E-state index contributed by atoms with van der Waals surface area (Å²) >= 11 is 0. The van der Waals surface area contributed by atoms with Gasteiger partial charge in [-0.15, -0.1) is 0 Å². The molecular formula is C28H38N3P. The average Bonchev–Trinajstić information content (AvgIpc) is 2.77. The number of allylic oxidation sites excluding steroid dienone is 5. The van der Waals surface area contributed by atoms with Crippen LogP contribution in [0.2, 0.25) is 0 Å². The van der Waals surface area contributed by atoms with E-state index < -0.39 is 0 Å². The molecule has 0 aromatic heterocycles. The third-order valence-electron chi connectivity index (χ3n) is 5.88. The summed E-state index contributed by atoms with van der Waals surface area (Å²) in [6.45, 7) is 14.9. The van der Waals surface area contributed by atoms with Crippen molar-refractivity contribution >= 4 is 32.0 Å². The van der Waals surface area contributed by atoms with E-state index in [0.717, 1.165) is 52.2 Å². The third kappa shape index (κ3) is 6.68. The molecule has 3 N–H and O–H groups in total. The van der Waals surface area contributed by atoms with Gasteiger partial charge in [0.25, 0.3) is 0 Å². The van der Waals surface area contributed by atoms with Crippen molar-refractivity contribution in [3.8, 4) is 0 Å². The lowest BCUT2D eigenvalue weighted by Crippen LogP contribution is -2.09. The van der Waals surface area contributed by atoms with E-state index in [2.05, 4.69) is 79.5 Å². The van der Waals surface area contributed by atoms with Gasteiger partial charge in [0, 0.05) is 11.4 Å². The van der Waals surface area contributed by atoms with E-state index in [4.69, 9.17) is 10.7 Å². The number of nitrogens with one attached hydrogen (secondary N) is 1. The molecule has 1 atom stereocenters. The van der Waals surface area contributed by atoms with E-state index in [1.807, 2.05) is 32.0 Å². The highest BCUT2D eigenvalue weighted by Gasteiger charge is 2.07. The van der Waals surface area contributed by atoms with Gasteiger partial charge in [0.1, 0.15) is 5.84 Å². The predicted molar refractivity (Wildman–Crippen MR) is 147 cm³/mol. The van der Waals surface area contributed by atoms with E-state index in [9.17, 15) is 0 Å². The Morgan fingerprint density at radius 3 is 2.22 bits per heavy atom. The Bertz CT molecular complexity index is 1060. The van der Waals surface area contributed by atoms with Crippen molar-refractivity contribution in [2.75, 3.05) is 11.1 Å². The standard InChI is InChI=1S/C28H38N3P/c1-8-22-16-27(17-23(9-2)20(22)6)30-21(7)31-28(32)19(5)18(4)14-24(10-3)25-12-11-13-26(29)15-25/h10-17H,8-9,29,32H2,1-7H3,(H,30,31)/b18-14+,24-10+,28-19-. The SMILES string of the molecule is C\C=C(/C=C(C)/C(C)=C(P)/N=C(\C)Nc1cc(CC)c(C)c(CC)c1)c1cccc(N)c1. The Morgan fingerprint density at radius 2 is 1.69 bits per heavy atom. The number of rotatable bonds is 7. The van der Waals surface area contributed by atoms with Crippen LogP contribution in [-0.2, 0) is 12.8 Å². The van der Waals surface area contributed by atoms with Gasteiger partial charge in [-0.2, -0.15) is 0 Å². The zero-order valence-electron chi connectivity index (χ0n) is 20.6. The molecule has 0 bridgehead atoms. The minimum Gasteiger partial charge on any atom is -0.399 e. The maximum absolute atomic E-state index is 5.97. The summed E-state index contributed by atoms with van der Waals surface area (Å²) in [6.07, 6.45) is 6.36. The number of nitrogens with two attached hydrogens (primary N) is 1. The van der Waals surface area contributed by atoms with Gasteiger partial charge >= 0.3 is 0 Å². The van der Waals surface area contributed by atoms with Crippen molar-refractivity contribution < 1.29 is 0 Å². The van der Waals surface area contributed by atoms with Crippen LogP contribution in [0.5, 0.6) is 0 Å². The van der Waals surface area contributed by atoms with Crippen molar-refractivity contribution in [1.29, 1.82) is 0 Å². The molecule has 0 saturated heterocycles. The molecule has 2 aromatic carbocycles. The second-order valence-electron chi connectivity index (χ2n) is 8.16. The molecule has 0 spiro atoms. The minimum absolute atomic E-state index is 0.770. The Balaban J connectivity index is 2.29. The molecule has 2 rings (SSSR count). The van der Waals surface area contributed by atoms with Gasteiger partial charge in [-0.25, -0.2) is 4.99 Å². The molecule has 0 amide bonds. The molecule has 0 fully saturated rings. The predicted octanol–water partition coefficient (Wildman–Crippen LogP) is 7.69. The van der Waals surface area contributed by atoms with Gasteiger partial charge < -0.3 is 11.1 Å². The van der Waals surface area contributed by atoms with Crippen molar-refractivity contribution in [2.45, 2.75) is 61.3 Å². The van der Waals surface area contributed by atoms with Crippen molar-refractivity contribution in [2.24, 2.45) is 4.99 Å². The van der Waals surface area contributed by atoms with Crippen molar-refractivity contribution in [1.82, 2.24) is 0 Å². The van der Waals surface area contributed by atoms with E-state index in [1.54, 1.807) is 0 Å². The molecular weight excluding hydrogens is 409 g/mol. The Hall–Kier alpha value is -2.64. The Kier molecular flexibility index (Phi) is 9.47. The molecule has 0 aliphatic rings. The first-order valence-electron chi connectivity index (χ1n) is 11.3. The zero-order chi connectivity index (χ0) is 23.8. The molecule has 1 unspecified atom stereocenters. The van der Waals surface area contributed by atoms with Crippen LogP contribution in [0.25, 0.3) is 5.57 Å². The summed E-state index contributed by atoms with van der Waals surface area (Å²) in [4.78, 5) is 4.81. The van der Waals surface area contributed by atoms with E-state index in [-0.39, 0.29) is 0 Å². The van der Waals surface area contributed by atoms with Crippen LogP contribution in [0.15, 0.2) is 70.1 Å². The number of nitrogen functional groups attached to an aromatic ring is 1. The van der Waals surface area contributed by atoms with Crippen molar-refractivity contribution in [3.05, 3.63) is 87.4 Å². The number of anilines is 2. The van der Waals surface area contributed by atoms with Crippen LogP contribution in [0.4, 0.5) is 11.4 Å². The quantitative estimate of drug-likeness (QED) is 0.150. The lowest BCUT2D eigenvalue weighted by atomic mass is 9.98. The van der Waals surface area contributed by atoms with Crippen LogP contribution in [-0.4, -0.2) is 5.84 Å². The van der Waals surface area contributed by atoms with Crippen LogP contribution in [0.1, 0.15) is 63.8 Å². The molecule has 170 valence electrons. The van der Waals surface area contributed by atoms with Gasteiger partial charge in [-0.3, -0.25) is 0 Å². The smallest absolute Gasteiger partial charge is 0.103 e. The Morgan fingerprint density at radius 1 is 1.06 bits per heavy atom. The summed E-state index contributed by atoms with van der Waals surface area (Å²) in [7, 11) is 2.78. The fourth-order valence-electron chi connectivity index (χ4n) is 3.74. The largest absolute Gasteiger partial charge is 0.399 e. The van der Waals surface area contributed by atoms with Crippen LogP contribution in [0.3, 0.4) is 0 Å². The van der Waals surface area contributed by atoms with Gasteiger partial charge in [0.2, 0.25) is 0 Å². The first-order valence-corrected chi connectivity index (χ1v) is 11.9. The normalized spacial score (nSPS) is 13.8. The summed E-state index contributed by atoms with van der Waals surface area (Å²) in [6, 6.07) is 12.5. The lowest BCUT2D eigenvalue weighted by Gasteiger charge is -2.14.